The van der Waals surface area contributed by atoms with Crippen molar-refractivity contribution < 1.29 is 5.11 Å². The van der Waals surface area contributed by atoms with E-state index in [1.54, 1.807) is 0 Å². The van der Waals surface area contributed by atoms with Crippen molar-refractivity contribution in [3.8, 4) is 0 Å². The van der Waals surface area contributed by atoms with Gasteiger partial charge in [0, 0.05) is 29.1 Å². The van der Waals surface area contributed by atoms with Crippen LogP contribution in [0.25, 0.3) is 0 Å². The van der Waals surface area contributed by atoms with E-state index in [4.69, 9.17) is 16.7 Å². The lowest BCUT2D eigenvalue weighted by atomic mass is 10.1. The molecule has 0 spiro atoms. The van der Waals surface area contributed by atoms with Gasteiger partial charge in [-0.1, -0.05) is 33.6 Å². The maximum Gasteiger partial charge on any atom is 0.0794 e. The quantitative estimate of drug-likeness (QED) is 0.896. The Morgan fingerprint density at radius 1 is 1.50 bits per heavy atom. The third kappa shape index (κ3) is 2.28. The largest absolute Gasteiger partial charge is 0.390 e. The first kappa shape index (κ1) is 10.4. The highest BCUT2D eigenvalue weighted by Gasteiger charge is 2.24. The average Bonchev–Trinajstić information content (AvgIpc) is 2.06. The Balaban J connectivity index is 2.02. The number of likely N-dealkylation sites (tertiary alicyclic amines) is 1. The molecule has 4 heteroatoms. The van der Waals surface area contributed by atoms with Gasteiger partial charge in [0.25, 0.3) is 0 Å². The van der Waals surface area contributed by atoms with Crippen LogP contribution in [-0.2, 0) is 6.54 Å². The van der Waals surface area contributed by atoms with Gasteiger partial charge >= 0.3 is 0 Å². The minimum Gasteiger partial charge on any atom is -0.390 e. The van der Waals surface area contributed by atoms with Crippen LogP contribution in [0.15, 0.2) is 22.7 Å². The van der Waals surface area contributed by atoms with Crippen molar-refractivity contribution in [2.24, 2.45) is 0 Å². The molecule has 0 saturated carbocycles. The molecule has 0 aliphatic carbocycles. The van der Waals surface area contributed by atoms with Gasteiger partial charge in [-0.3, -0.25) is 4.90 Å². The average molecular weight is 277 g/mol. The molecule has 0 radical (unpaired) electrons. The summed E-state index contributed by atoms with van der Waals surface area (Å²) in [4.78, 5) is 2.17. The Hall–Kier alpha value is -0.0900. The number of hydrogen-bond donors (Lipinski definition) is 1. The molecule has 1 aromatic carbocycles. The zero-order valence-corrected chi connectivity index (χ0v) is 9.92. The maximum absolute atomic E-state index is 9.13. The summed E-state index contributed by atoms with van der Waals surface area (Å²) >= 11 is 9.44. The van der Waals surface area contributed by atoms with Gasteiger partial charge in [-0.15, -0.1) is 0 Å². The predicted octanol–water partition coefficient (Wildman–Crippen LogP) is 2.28. The Bertz CT molecular complexity index is 339. The van der Waals surface area contributed by atoms with Gasteiger partial charge in [-0.25, -0.2) is 0 Å². The number of rotatable bonds is 2. The molecule has 0 aromatic heterocycles. The topological polar surface area (TPSA) is 23.5 Å². The van der Waals surface area contributed by atoms with E-state index in [0.717, 1.165) is 34.7 Å². The van der Waals surface area contributed by atoms with Crippen LogP contribution < -0.4 is 0 Å². The number of nitrogens with zero attached hydrogens (tertiary/aromatic N) is 1. The van der Waals surface area contributed by atoms with Gasteiger partial charge in [0.15, 0.2) is 0 Å². The highest BCUT2D eigenvalue weighted by molar-refractivity contribution is 9.10. The number of aliphatic hydroxyl groups is 1. The fourth-order valence-corrected chi connectivity index (χ4v) is 2.30. The highest BCUT2D eigenvalue weighted by Crippen LogP contribution is 2.24. The summed E-state index contributed by atoms with van der Waals surface area (Å²) in [6.45, 7) is 2.34. The SMILES string of the molecule is OC1CN(Cc2ccc(Br)cc2Cl)C1. The van der Waals surface area contributed by atoms with Crippen LogP contribution in [-0.4, -0.2) is 29.2 Å². The molecule has 1 heterocycles. The smallest absolute Gasteiger partial charge is 0.0794 e. The van der Waals surface area contributed by atoms with E-state index in [0.29, 0.717) is 0 Å². The van der Waals surface area contributed by atoms with Gasteiger partial charge in [0.2, 0.25) is 0 Å². The molecule has 1 aliphatic rings. The molecule has 0 amide bonds. The summed E-state index contributed by atoms with van der Waals surface area (Å²) in [6.07, 6.45) is -0.149. The normalized spacial score (nSPS) is 18.2. The molecule has 1 aliphatic heterocycles. The number of benzene rings is 1. The lowest BCUT2D eigenvalue weighted by Gasteiger charge is -2.35. The zero-order chi connectivity index (χ0) is 10.1. The number of hydrogen-bond acceptors (Lipinski definition) is 2. The van der Waals surface area contributed by atoms with Crippen LogP contribution in [0.5, 0.6) is 0 Å². The monoisotopic (exact) mass is 275 g/mol. The molecule has 0 bridgehead atoms. The van der Waals surface area contributed by atoms with E-state index in [1.807, 2.05) is 18.2 Å². The predicted molar refractivity (Wildman–Crippen MR) is 60.4 cm³/mol. The molecule has 0 atom stereocenters. The highest BCUT2D eigenvalue weighted by atomic mass is 79.9. The Labute approximate surface area is 96.6 Å². The molecular formula is C10H11BrClNO. The van der Waals surface area contributed by atoms with Crippen molar-refractivity contribution in [3.63, 3.8) is 0 Å². The minimum absolute atomic E-state index is 0.149. The summed E-state index contributed by atoms with van der Waals surface area (Å²) in [6, 6.07) is 5.89. The van der Waals surface area contributed by atoms with Crippen LogP contribution in [0.4, 0.5) is 0 Å². The maximum atomic E-state index is 9.13. The fraction of sp³-hybridized carbons (Fsp3) is 0.400. The molecular weight excluding hydrogens is 265 g/mol. The lowest BCUT2D eigenvalue weighted by Crippen LogP contribution is -2.49. The molecule has 1 saturated heterocycles. The van der Waals surface area contributed by atoms with Gasteiger partial charge in [-0.2, -0.15) is 0 Å². The molecule has 14 heavy (non-hydrogen) atoms. The minimum atomic E-state index is -0.149. The first-order valence-electron chi connectivity index (χ1n) is 4.49. The van der Waals surface area contributed by atoms with Crippen molar-refractivity contribution in [2.45, 2.75) is 12.6 Å². The third-order valence-electron chi connectivity index (χ3n) is 2.35. The lowest BCUT2D eigenvalue weighted by molar-refractivity contribution is -0.00285. The van der Waals surface area contributed by atoms with E-state index < -0.39 is 0 Å². The molecule has 2 nitrogen and oxygen atoms in total. The third-order valence-corrected chi connectivity index (χ3v) is 3.19. The molecule has 2 rings (SSSR count). The zero-order valence-electron chi connectivity index (χ0n) is 7.58. The first-order valence-corrected chi connectivity index (χ1v) is 5.66. The van der Waals surface area contributed by atoms with E-state index in [2.05, 4.69) is 20.8 Å². The summed E-state index contributed by atoms with van der Waals surface area (Å²) in [5, 5.41) is 9.91. The van der Waals surface area contributed by atoms with Gasteiger partial charge < -0.3 is 5.11 Å². The summed E-state index contributed by atoms with van der Waals surface area (Å²) in [7, 11) is 0. The molecule has 0 unspecified atom stereocenters. The molecule has 1 aromatic rings. The van der Waals surface area contributed by atoms with Gasteiger partial charge in [-0.05, 0) is 17.7 Å². The standard InChI is InChI=1S/C10H11BrClNO/c11-8-2-1-7(10(12)3-8)4-13-5-9(14)6-13/h1-3,9,14H,4-6H2. The number of β-amino-alcohol motifs (C(OH)–C–C–N with tert-alkyl or cyclic N) is 1. The van der Waals surface area contributed by atoms with Crippen LogP contribution in [0.1, 0.15) is 5.56 Å². The van der Waals surface area contributed by atoms with Crippen molar-refractivity contribution in [2.75, 3.05) is 13.1 Å². The summed E-state index contributed by atoms with van der Waals surface area (Å²) in [5.41, 5.74) is 1.11. The van der Waals surface area contributed by atoms with E-state index in [9.17, 15) is 0 Å². The fourth-order valence-electron chi connectivity index (χ4n) is 1.56. The van der Waals surface area contributed by atoms with Gasteiger partial charge in [0.1, 0.15) is 0 Å². The second kappa shape index (κ2) is 4.19. The first-order chi connectivity index (χ1) is 6.65. The Kier molecular flexibility index (Phi) is 3.12. The number of aliphatic hydroxyl groups excluding tert-OH is 1. The second-order valence-corrected chi connectivity index (χ2v) is 4.91. The molecule has 76 valence electrons. The van der Waals surface area contributed by atoms with E-state index in [-0.39, 0.29) is 6.10 Å². The van der Waals surface area contributed by atoms with Crippen molar-refractivity contribution in [3.05, 3.63) is 33.3 Å². The van der Waals surface area contributed by atoms with Crippen LogP contribution in [0.2, 0.25) is 5.02 Å². The summed E-state index contributed by atoms with van der Waals surface area (Å²) < 4.78 is 0.995. The molecule has 1 fully saturated rings. The van der Waals surface area contributed by atoms with Crippen molar-refractivity contribution in [1.82, 2.24) is 4.90 Å². The van der Waals surface area contributed by atoms with Crippen molar-refractivity contribution >= 4 is 27.5 Å². The van der Waals surface area contributed by atoms with E-state index in [1.165, 1.54) is 0 Å². The molecule has 1 N–H and O–H groups in total. The van der Waals surface area contributed by atoms with Gasteiger partial charge in [0.05, 0.1) is 6.10 Å². The van der Waals surface area contributed by atoms with Crippen LogP contribution in [0, 0.1) is 0 Å². The van der Waals surface area contributed by atoms with Crippen molar-refractivity contribution in [1.29, 1.82) is 0 Å². The second-order valence-electron chi connectivity index (χ2n) is 3.58. The Morgan fingerprint density at radius 2 is 2.21 bits per heavy atom. The van der Waals surface area contributed by atoms with Crippen LogP contribution >= 0.6 is 27.5 Å². The van der Waals surface area contributed by atoms with E-state index >= 15 is 0 Å². The van der Waals surface area contributed by atoms with Crippen LogP contribution in [0.3, 0.4) is 0 Å². The Morgan fingerprint density at radius 3 is 2.79 bits per heavy atom. The summed E-state index contributed by atoms with van der Waals surface area (Å²) in [5.74, 6) is 0. The number of halogens is 2.